The zero-order valence-electron chi connectivity index (χ0n) is 14.0. The van der Waals surface area contributed by atoms with Crippen LogP contribution in [0.15, 0.2) is 24.3 Å². The first-order valence-electron chi connectivity index (χ1n) is 7.82. The summed E-state index contributed by atoms with van der Waals surface area (Å²) in [6.07, 6.45) is 3.44. The van der Waals surface area contributed by atoms with E-state index < -0.39 is 0 Å². The van der Waals surface area contributed by atoms with Crippen LogP contribution in [0.3, 0.4) is 0 Å². The summed E-state index contributed by atoms with van der Waals surface area (Å²) in [4.78, 5) is 24.8. The number of carbonyl (C=O) groups is 2. The van der Waals surface area contributed by atoms with Gasteiger partial charge in [-0.25, -0.2) is 0 Å². The Morgan fingerprint density at radius 1 is 1.22 bits per heavy atom. The van der Waals surface area contributed by atoms with Crippen LogP contribution in [0.2, 0.25) is 0 Å². The minimum absolute atomic E-state index is 0.0721. The van der Waals surface area contributed by atoms with E-state index in [0.717, 1.165) is 24.1 Å². The topological polar surface area (TPSA) is 61.4 Å². The fourth-order valence-corrected chi connectivity index (χ4v) is 2.20. The van der Waals surface area contributed by atoms with Gasteiger partial charge in [0.15, 0.2) is 5.11 Å². The SMILES string of the molecule is CCCCC(=O)NC(=S)Nc1cccc(CCC(=O)N(C)C)c1. The monoisotopic (exact) mass is 335 g/mol. The maximum atomic E-state index is 11.6. The van der Waals surface area contributed by atoms with Crippen molar-refractivity contribution in [2.45, 2.75) is 39.0 Å². The van der Waals surface area contributed by atoms with Crippen molar-refractivity contribution in [1.82, 2.24) is 10.2 Å². The zero-order valence-corrected chi connectivity index (χ0v) is 14.8. The maximum absolute atomic E-state index is 11.6. The Kier molecular flexibility index (Phi) is 8.26. The molecule has 0 heterocycles. The Balaban J connectivity index is 2.51. The molecule has 6 heteroatoms. The number of nitrogens with one attached hydrogen (secondary N) is 2. The van der Waals surface area contributed by atoms with Crippen LogP contribution in [0.5, 0.6) is 0 Å². The lowest BCUT2D eigenvalue weighted by molar-refractivity contribution is -0.128. The summed E-state index contributed by atoms with van der Waals surface area (Å²) in [6.45, 7) is 2.04. The highest BCUT2D eigenvalue weighted by Gasteiger charge is 2.07. The van der Waals surface area contributed by atoms with Crippen molar-refractivity contribution < 1.29 is 9.59 Å². The maximum Gasteiger partial charge on any atom is 0.226 e. The molecule has 0 saturated carbocycles. The first-order valence-corrected chi connectivity index (χ1v) is 8.23. The average Bonchev–Trinajstić information content (AvgIpc) is 2.50. The molecule has 0 spiro atoms. The Labute approximate surface area is 143 Å². The number of rotatable bonds is 7. The van der Waals surface area contributed by atoms with Crippen molar-refractivity contribution in [2.24, 2.45) is 0 Å². The van der Waals surface area contributed by atoms with E-state index in [1.807, 2.05) is 31.2 Å². The second-order valence-electron chi connectivity index (χ2n) is 5.59. The van der Waals surface area contributed by atoms with Crippen molar-refractivity contribution in [1.29, 1.82) is 0 Å². The number of anilines is 1. The molecule has 0 fully saturated rings. The molecule has 1 rings (SSSR count). The van der Waals surface area contributed by atoms with Crippen LogP contribution in [0.1, 0.15) is 38.2 Å². The molecule has 0 saturated heterocycles. The van der Waals surface area contributed by atoms with Gasteiger partial charge in [-0.2, -0.15) is 0 Å². The lowest BCUT2D eigenvalue weighted by Gasteiger charge is -2.12. The molecule has 2 amide bonds. The molecule has 23 heavy (non-hydrogen) atoms. The van der Waals surface area contributed by atoms with Gasteiger partial charge in [-0.1, -0.05) is 25.5 Å². The normalized spacial score (nSPS) is 10.0. The van der Waals surface area contributed by atoms with Gasteiger partial charge in [0, 0.05) is 32.6 Å². The molecule has 126 valence electrons. The van der Waals surface area contributed by atoms with Gasteiger partial charge in [-0.15, -0.1) is 0 Å². The fraction of sp³-hybridized carbons (Fsp3) is 0.471. The predicted octanol–water partition coefficient (Wildman–Crippen LogP) is 2.71. The summed E-state index contributed by atoms with van der Waals surface area (Å²) >= 11 is 5.14. The molecule has 0 radical (unpaired) electrons. The fourth-order valence-electron chi connectivity index (χ4n) is 1.97. The highest BCUT2D eigenvalue weighted by atomic mass is 32.1. The van der Waals surface area contributed by atoms with E-state index in [1.54, 1.807) is 19.0 Å². The molecule has 0 aromatic heterocycles. The Morgan fingerprint density at radius 2 is 1.96 bits per heavy atom. The van der Waals surface area contributed by atoms with Gasteiger partial charge >= 0.3 is 0 Å². The largest absolute Gasteiger partial charge is 0.349 e. The molecular formula is C17H25N3O2S. The molecular weight excluding hydrogens is 310 g/mol. The number of carbonyl (C=O) groups excluding carboxylic acids is 2. The number of hydrogen-bond donors (Lipinski definition) is 2. The third-order valence-corrected chi connectivity index (χ3v) is 3.53. The van der Waals surface area contributed by atoms with Crippen molar-refractivity contribution in [3.8, 4) is 0 Å². The van der Waals surface area contributed by atoms with Gasteiger partial charge in [0.25, 0.3) is 0 Å². The van der Waals surface area contributed by atoms with E-state index in [-0.39, 0.29) is 11.8 Å². The van der Waals surface area contributed by atoms with E-state index in [2.05, 4.69) is 10.6 Å². The second-order valence-corrected chi connectivity index (χ2v) is 6.00. The number of thiocarbonyl (C=S) groups is 1. The van der Waals surface area contributed by atoms with E-state index in [1.165, 1.54) is 0 Å². The molecule has 1 aromatic carbocycles. The molecule has 0 atom stereocenters. The number of unbranched alkanes of at least 4 members (excludes halogenated alkanes) is 1. The van der Waals surface area contributed by atoms with Crippen LogP contribution < -0.4 is 10.6 Å². The van der Waals surface area contributed by atoms with Gasteiger partial charge in [0.2, 0.25) is 11.8 Å². The zero-order chi connectivity index (χ0) is 17.2. The van der Waals surface area contributed by atoms with Crippen LogP contribution in [0.25, 0.3) is 0 Å². The van der Waals surface area contributed by atoms with Gasteiger partial charge in [-0.05, 0) is 42.8 Å². The third-order valence-electron chi connectivity index (χ3n) is 3.32. The molecule has 0 bridgehead atoms. The number of hydrogen-bond acceptors (Lipinski definition) is 3. The van der Waals surface area contributed by atoms with Crippen LogP contribution in [-0.4, -0.2) is 35.9 Å². The molecule has 0 aliphatic carbocycles. The first kappa shape index (κ1) is 19.1. The van der Waals surface area contributed by atoms with Crippen LogP contribution in [-0.2, 0) is 16.0 Å². The molecule has 0 aliphatic rings. The standard InChI is InChI=1S/C17H25N3O2S/c1-4-5-9-15(21)19-17(23)18-14-8-6-7-13(12-14)10-11-16(22)20(2)3/h6-8,12H,4-5,9-11H2,1-3H3,(H2,18,19,21,23). The second kappa shape index (κ2) is 9.94. The van der Waals surface area contributed by atoms with Gasteiger partial charge < -0.3 is 15.5 Å². The minimum atomic E-state index is -0.0721. The summed E-state index contributed by atoms with van der Waals surface area (Å²) in [6, 6.07) is 7.69. The number of aryl methyl sites for hydroxylation is 1. The van der Waals surface area contributed by atoms with Gasteiger partial charge in [0.05, 0.1) is 0 Å². The van der Waals surface area contributed by atoms with Crippen LogP contribution in [0, 0.1) is 0 Å². The van der Waals surface area contributed by atoms with Gasteiger partial charge in [0.1, 0.15) is 0 Å². The van der Waals surface area contributed by atoms with Crippen molar-refractivity contribution >= 4 is 34.8 Å². The van der Waals surface area contributed by atoms with Crippen LogP contribution >= 0.6 is 12.2 Å². The predicted molar refractivity (Wildman–Crippen MR) is 97.3 cm³/mol. The number of amides is 2. The lowest BCUT2D eigenvalue weighted by Crippen LogP contribution is -2.33. The minimum Gasteiger partial charge on any atom is -0.349 e. The molecule has 1 aromatic rings. The molecule has 0 aliphatic heterocycles. The molecule has 0 unspecified atom stereocenters. The van der Waals surface area contributed by atoms with Gasteiger partial charge in [-0.3, -0.25) is 9.59 Å². The summed E-state index contributed by atoms with van der Waals surface area (Å²) < 4.78 is 0. The van der Waals surface area contributed by atoms with E-state index in [9.17, 15) is 9.59 Å². The average molecular weight is 335 g/mol. The first-order chi connectivity index (χ1) is 10.9. The Hall–Kier alpha value is -1.95. The highest BCUT2D eigenvalue weighted by Crippen LogP contribution is 2.12. The number of nitrogens with zero attached hydrogens (tertiary/aromatic N) is 1. The lowest BCUT2D eigenvalue weighted by atomic mass is 10.1. The molecule has 5 nitrogen and oxygen atoms in total. The van der Waals surface area contributed by atoms with Crippen molar-refractivity contribution in [3.63, 3.8) is 0 Å². The van der Waals surface area contributed by atoms with Crippen molar-refractivity contribution in [2.75, 3.05) is 19.4 Å². The smallest absolute Gasteiger partial charge is 0.226 e. The highest BCUT2D eigenvalue weighted by molar-refractivity contribution is 7.80. The summed E-state index contributed by atoms with van der Waals surface area (Å²) in [5.41, 5.74) is 1.85. The van der Waals surface area contributed by atoms with Crippen LogP contribution in [0.4, 0.5) is 5.69 Å². The summed E-state index contributed by atoms with van der Waals surface area (Å²) in [7, 11) is 3.50. The van der Waals surface area contributed by atoms with E-state index in [4.69, 9.17) is 12.2 Å². The molecule has 2 N–H and O–H groups in total. The Bertz CT molecular complexity index is 559. The van der Waals surface area contributed by atoms with E-state index >= 15 is 0 Å². The number of benzene rings is 1. The van der Waals surface area contributed by atoms with E-state index in [0.29, 0.717) is 24.4 Å². The summed E-state index contributed by atoms with van der Waals surface area (Å²) in [5, 5.41) is 5.97. The third kappa shape index (κ3) is 7.74. The summed E-state index contributed by atoms with van der Waals surface area (Å²) in [5.74, 6) is 0.0270. The Morgan fingerprint density at radius 3 is 2.61 bits per heavy atom. The van der Waals surface area contributed by atoms with Crippen molar-refractivity contribution in [3.05, 3.63) is 29.8 Å². The quantitative estimate of drug-likeness (QED) is 0.752.